The monoisotopic (exact) mass is 452 g/mol. The fourth-order valence-electron chi connectivity index (χ4n) is 2.92. The number of anilines is 1. The van der Waals surface area contributed by atoms with Crippen LogP contribution in [0.25, 0.3) is 4.96 Å². The predicted molar refractivity (Wildman–Crippen MR) is 116 cm³/mol. The fraction of sp³-hybridized carbons (Fsp3) is 0.136. The minimum absolute atomic E-state index is 0.112. The molecule has 0 aliphatic heterocycles. The van der Waals surface area contributed by atoms with Crippen LogP contribution >= 0.6 is 11.3 Å². The number of carbonyl (C=O) groups is 2. The van der Waals surface area contributed by atoms with Crippen molar-refractivity contribution in [1.29, 1.82) is 0 Å². The predicted octanol–water partition coefficient (Wildman–Crippen LogP) is 3.46. The molecule has 2 aromatic heterocycles. The van der Waals surface area contributed by atoms with Gasteiger partial charge >= 0.3 is 5.97 Å². The van der Waals surface area contributed by atoms with Gasteiger partial charge in [0, 0.05) is 11.6 Å². The second-order valence-corrected chi connectivity index (χ2v) is 7.76. The van der Waals surface area contributed by atoms with E-state index in [1.54, 1.807) is 12.1 Å². The van der Waals surface area contributed by atoms with Crippen LogP contribution in [-0.4, -0.2) is 26.5 Å². The highest BCUT2D eigenvalue weighted by Gasteiger charge is 2.17. The van der Waals surface area contributed by atoms with Crippen LogP contribution in [-0.2, 0) is 17.8 Å². The van der Waals surface area contributed by atoms with Crippen LogP contribution < -0.4 is 10.9 Å². The number of hydrogen-bond acceptors (Lipinski definition) is 7. The largest absolute Gasteiger partial charge is 0.456 e. The lowest BCUT2D eigenvalue weighted by molar-refractivity contribution is 0.0469. The number of aromatic nitrogens is 3. The van der Waals surface area contributed by atoms with Gasteiger partial charge in [0.1, 0.15) is 17.4 Å². The number of esters is 1. The topological polar surface area (TPSA) is 103 Å². The summed E-state index contributed by atoms with van der Waals surface area (Å²) in [4.78, 5) is 42.1. The lowest BCUT2D eigenvalue weighted by Crippen LogP contribution is -2.18. The molecule has 0 saturated heterocycles. The maximum Gasteiger partial charge on any atom is 0.340 e. The molecule has 32 heavy (non-hydrogen) atoms. The quantitative estimate of drug-likeness (QED) is 0.450. The zero-order chi connectivity index (χ0) is 22.7. The third-order valence-electron chi connectivity index (χ3n) is 4.48. The van der Waals surface area contributed by atoms with Crippen molar-refractivity contribution in [1.82, 2.24) is 14.6 Å². The summed E-state index contributed by atoms with van der Waals surface area (Å²) >= 11 is 1.29. The van der Waals surface area contributed by atoms with Gasteiger partial charge in [-0.25, -0.2) is 14.2 Å². The first-order chi connectivity index (χ1) is 15.4. The molecule has 8 nitrogen and oxygen atoms in total. The van der Waals surface area contributed by atoms with Crippen molar-refractivity contribution in [3.8, 4) is 0 Å². The zero-order valence-electron chi connectivity index (χ0n) is 16.9. The number of aryl methyl sites for hydroxylation is 1. The van der Waals surface area contributed by atoms with Gasteiger partial charge in [0.05, 0.1) is 16.9 Å². The Kier molecular flexibility index (Phi) is 6.04. The Morgan fingerprint density at radius 1 is 1.16 bits per heavy atom. The molecule has 0 saturated carbocycles. The van der Waals surface area contributed by atoms with Crippen LogP contribution in [0.1, 0.15) is 38.3 Å². The maximum absolute atomic E-state index is 13.4. The molecule has 0 unspecified atom stereocenters. The molecule has 10 heteroatoms. The van der Waals surface area contributed by atoms with E-state index in [0.717, 1.165) is 11.1 Å². The van der Waals surface area contributed by atoms with Gasteiger partial charge in [0.15, 0.2) is 0 Å². The Hall–Kier alpha value is -3.92. The van der Waals surface area contributed by atoms with Crippen LogP contribution in [0.15, 0.2) is 59.4 Å². The van der Waals surface area contributed by atoms with E-state index in [-0.39, 0.29) is 34.7 Å². The lowest BCUT2D eigenvalue weighted by Gasteiger charge is -2.11. The smallest absolute Gasteiger partial charge is 0.340 e. The van der Waals surface area contributed by atoms with E-state index in [1.165, 1.54) is 52.3 Å². The number of hydrogen-bond donors (Lipinski definition) is 1. The number of carbonyl (C=O) groups excluding carboxylic acids is 2. The SMILES string of the molecule is CCc1nn2c(=O)cc(COC(=O)c3ccccc3NC(=O)c3cccc(F)c3)nc2s1. The van der Waals surface area contributed by atoms with E-state index in [2.05, 4.69) is 15.4 Å². The van der Waals surface area contributed by atoms with Gasteiger partial charge in [0.25, 0.3) is 11.5 Å². The van der Waals surface area contributed by atoms with Crippen molar-refractivity contribution >= 4 is 33.9 Å². The summed E-state index contributed by atoms with van der Waals surface area (Å²) < 4.78 is 19.9. The Balaban J connectivity index is 1.50. The molecule has 162 valence electrons. The molecule has 2 aromatic carbocycles. The summed E-state index contributed by atoms with van der Waals surface area (Å²) in [5, 5.41) is 7.54. The standard InChI is InChI=1S/C22H17FN4O4S/c1-2-18-26-27-19(28)11-15(24-22(27)32-18)12-31-21(30)16-8-3-4-9-17(16)25-20(29)13-6-5-7-14(23)10-13/h3-11H,2,12H2,1H3,(H,25,29). The van der Waals surface area contributed by atoms with Gasteiger partial charge in [0.2, 0.25) is 4.96 Å². The summed E-state index contributed by atoms with van der Waals surface area (Å²) in [6, 6.07) is 12.8. The molecule has 0 aliphatic rings. The first-order valence-electron chi connectivity index (χ1n) is 9.66. The van der Waals surface area contributed by atoms with E-state index in [1.807, 2.05) is 6.92 Å². The van der Waals surface area contributed by atoms with Crippen LogP contribution in [0.3, 0.4) is 0 Å². The molecular weight excluding hydrogens is 435 g/mol. The van der Waals surface area contributed by atoms with E-state index in [9.17, 15) is 18.8 Å². The average molecular weight is 452 g/mol. The van der Waals surface area contributed by atoms with E-state index >= 15 is 0 Å². The lowest BCUT2D eigenvalue weighted by atomic mass is 10.1. The molecule has 0 aliphatic carbocycles. The molecule has 0 radical (unpaired) electrons. The Morgan fingerprint density at radius 2 is 1.97 bits per heavy atom. The highest BCUT2D eigenvalue weighted by atomic mass is 32.1. The maximum atomic E-state index is 13.4. The Morgan fingerprint density at radius 3 is 2.75 bits per heavy atom. The van der Waals surface area contributed by atoms with Crippen molar-refractivity contribution in [3.63, 3.8) is 0 Å². The average Bonchev–Trinajstić information content (AvgIpc) is 3.22. The summed E-state index contributed by atoms with van der Waals surface area (Å²) in [5.74, 6) is -1.82. The molecule has 0 fully saturated rings. The number of amides is 1. The fourth-order valence-corrected chi connectivity index (χ4v) is 3.78. The molecule has 0 bridgehead atoms. The number of rotatable bonds is 6. The van der Waals surface area contributed by atoms with E-state index in [4.69, 9.17) is 4.74 Å². The van der Waals surface area contributed by atoms with Crippen LogP contribution in [0.4, 0.5) is 10.1 Å². The van der Waals surface area contributed by atoms with Crippen LogP contribution in [0.5, 0.6) is 0 Å². The summed E-state index contributed by atoms with van der Waals surface area (Å²) in [5.41, 5.74) is 0.365. The second-order valence-electron chi connectivity index (χ2n) is 6.72. The number of nitrogens with one attached hydrogen (secondary N) is 1. The highest BCUT2D eigenvalue weighted by molar-refractivity contribution is 7.16. The van der Waals surface area contributed by atoms with Crippen molar-refractivity contribution < 1.29 is 18.7 Å². The minimum atomic E-state index is -0.708. The van der Waals surface area contributed by atoms with Gasteiger partial charge in [-0.05, 0) is 36.8 Å². The molecular formula is C22H17FN4O4S. The molecule has 0 spiro atoms. The van der Waals surface area contributed by atoms with Crippen molar-refractivity contribution in [3.05, 3.63) is 92.6 Å². The number of ether oxygens (including phenoxy) is 1. The van der Waals surface area contributed by atoms with Crippen LogP contribution in [0.2, 0.25) is 0 Å². The van der Waals surface area contributed by atoms with E-state index < -0.39 is 17.7 Å². The van der Waals surface area contributed by atoms with Gasteiger partial charge in [-0.3, -0.25) is 9.59 Å². The molecule has 4 aromatic rings. The summed E-state index contributed by atoms with van der Waals surface area (Å²) in [6.07, 6.45) is 0.677. The number of para-hydroxylation sites is 1. The normalized spacial score (nSPS) is 10.8. The summed E-state index contributed by atoms with van der Waals surface area (Å²) in [6.45, 7) is 1.70. The third-order valence-corrected chi connectivity index (χ3v) is 5.53. The van der Waals surface area contributed by atoms with Gasteiger partial charge in [-0.15, -0.1) is 0 Å². The minimum Gasteiger partial charge on any atom is -0.456 e. The van der Waals surface area contributed by atoms with Crippen LogP contribution in [0, 0.1) is 5.82 Å². The number of halogens is 1. The second kappa shape index (κ2) is 9.06. The third kappa shape index (κ3) is 4.54. The highest BCUT2D eigenvalue weighted by Crippen LogP contribution is 2.19. The first-order valence-corrected chi connectivity index (χ1v) is 10.5. The zero-order valence-corrected chi connectivity index (χ0v) is 17.7. The molecule has 0 atom stereocenters. The molecule has 2 heterocycles. The molecule has 1 amide bonds. The van der Waals surface area contributed by atoms with E-state index in [0.29, 0.717) is 11.4 Å². The van der Waals surface area contributed by atoms with Crippen molar-refractivity contribution in [2.24, 2.45) is 0 Å². The Labute approximate surface area is 185 Å². The summed E-state index contributed by atoms with van der Waals surface area (Å²) in [7, 11) is 0. The molecule has 1 N–H and O–H groups in total. The number of nitrogens with zero attached hydrogens (tertiary/aromatic N) is 3. The Bertz CT molecular complexity index is 1380. The first kappa shape index (κ1) is 21.3. The van der Waals surface area contributed by atoms with Gasteiger partial charge in [-0.1, -0.05) is 36.5 Å². The number of benzene rings is 2. The van der Waals surface area contributed by atoms with Gasteiger partial charge in [-0.2, -0.15) is 9.61 Å². The van der Waals surface area contributed by atoms with Gasteiger partial charge < -0.3 is 10.1 Å². The molecule has 4 rings (SSSR count). The van der Waals surface area contributed by atoms with Crippen molar-refractivity contribution in [2.45, 2.75) is 20.0 Å². The van der Waals surface area contributed by atoms with Crippen molar-refractivity contribution in [2.75, 3.05) is 5.32 Å². The number of fused-ring (bicyclic) bond motifs is 1.